The van der Waals surface area contributed by atoms with E-state index in [0.29, 0.717) is 15.8 Å². The fourth-order valence-corrected chi connectivity index (χ4v) is 1.95. The van der Waals surface area contributed by atoms with Crippen molar-refractivity contribution in [2.45, 2.75) is 32.9 Å². The van der Waals surface area contributed by atoms with Gasteiger partial charge >= 0.3 is 5.97 Å². The Balaban J connectivity index is 2.64. The molecule has 21 heavy (non-hydrogen) atoms. The molecule has 0 saturated heterocycles. The van der Waals surface area contributed by atoms with Gasteiger partial charge in [0.15, 0.2) is 6.10 Å². The van der Waals surface area contributed by atoms with Gasteiger partial charge in [-0.05, 0) is 39.0 Å². The molecule has 0 aliphatic rings. The molecule has 3 unspecified atom stereocenters. The van der Waals surface area contributed by atoms with Gasteiger partial charge in [0.05, 0.1) is 10.9 Å². The van der Waals surface area contributed by atoms with Gasteiger partial charge in [0.25, 0.3) is 5.91 Å². The molecule has 0 fully saturated rings. The summed E-state index contributed by atoms with van der Waals surface area (Å²) in [5.41, 5.74) is 0. The predicted molar refractivity (Wildman–Crippen MR) is 81.0 cm³/mol. The van der Waals surface area contributed by atoms with Crippen LogP contribution in [0.25, 0.3) is 0 Å². The monoisotopic (exact) mass is 333 g/mol. The van der Waals surface area contributed by atoms with E-state index in [4.69, 9.17) is 33.0 Å². The molecule has 1 aromatic carbocycles. The molecule has 7 heteroatoms. The second-order valence-corrected chi connectivity index (χ2v) is 5.60. The van der Waals surface area contributed by atoms with Crippen LogP contribution in [0.1, 0.15) is 20.8 Å². The number of halogens is 2. The molecule has 1 rings (SSSR count). The number of benzene rings is 1. The molecule has 0 radical (unpaired) electrons. The Morgan fingerprint density at radius 1 is 1.24 bits per heavy atom. The van der Waals surface area contributed by atoms with Gasteiger partial charge in [-0.1, -0.05) is 23.2 Å². The van der Waals surface area contributed by atoms with Crippen LogP contribution in [-0.2, 0) is 9.59 Å². The van der Waals surface area contributed by atoms with E-state index >= 15 is 0 Å². The van der Waals surface area contributed by atoms with E-state index in [2.05, 4.69) is 5.32 Å². The SMILES string of the molecule is CC(Oc1ccc(Cl)cc1Cl)C(=O)NC(C)C(C)C(=O)O. The lowest BCUT2D eigenvalue weighted by Crippen LogP contribution is -2.45. The first-order chi connectivity index (χ1) is 9.72. The third-order valence-electron chi connectivity index (χ3n) is 3.08. The van der Waals surface area contributed by atoms with Crippen LogP contribution >= 0.6 is 23.2 Å². The molecule has 116 valence electrons. The molecule has 2 N–H and O–H groups in total. The molecule has 1 aromatic rings. The Labute approximate surface area is 133 Å². The van der Waals surface area contributed by atoms with Crippen molar-refractivity contribution < 1.29 is 19.4 Å². The summed E-state index contributed by atoms with van der Waals surface area (Å²) in [6.07, 6.45) is -0.813. The molecule has 0 aliphatic carbocycles. The standard InChI is InChI=1S/C14H17Cl2NO4/c1-7(14(19)20)8(2)17-13(18)9(3)21-12-5-4-10(15)6-11(12)16/h4-9H,1-3H3,(H,17,18)(H,19,20). The average molecular weight is 334 g/mol. The Kier molecular flexibility index (Phi) is 6.30. The van der Waals surface area contributed by atoms with Crippen LogP contribution in [0.5, 0.6) is 5.75 Å². The Morgan fingerprint density at radius 3 is 2.38 bits per heavy atom. The van der Waals surface area contributed by atoms with Gasteiger partial charge < -0.3 is 15.2 Å². The normalized spacial score (nSPS) is 14.9. The molecular weight excluding hydrogens is 317 g/mol. The fraction of sp³-hybridized carbons (Fsp3) is 0.429. The number of aliphatic carboxylic acids is 1. The highest BCUT2D eigenvalue weighted by Gasteiger charge is 2.24. The summed E-state index contributed by atoms with van der Waals surface area (Å²) in [7, 11) is 0. The molecule has 0 spiro atoms. The highest BCUT2D eigenvalue weighted by Crippen LogP contribution is 2.28. The number of carbonyl (C=O) groups is 2. The summed E-state index contributed by atoms with van der Waals surface area (Å²) in [4.78, 5) is 22.8. The number of rotatable bonds is 6. The third kappa shape index (κ3) is 5.10. The van der Waals surface area contributed by atoms with Crippen LogP contribution in [0.2, 0.25) is 10.0 Å². The summed E-state index contributed by atoms with van der Waals surface area (Å²) in [6.45, 7) is 4.70. The maximum absolute atomic E-state index is 12.0. The number of hydrogen-bond acceptors (Lipinski definition) is 3. The minimum atomic E-state index is -0.975. The minimum Gasteiger partial charge on any atom is -0.481 e. The van der Waals surface area contributed by atoms with Crippen molar-refractivity contribution in [3.05, 3.63) is 28.2 Å². The van der Waals surface area contributed by atoms with E-state index in [0.717, 1.165) is 0 Å². The van der Waals surface area contributed by atoms with Crippen molar-refractivity contribution in [1.82, 2.24) is 5.32 Å². The van der Waals surface area contributed by atoms with Gasteiger partial charge in [0, 0.05) is 11.1 Å². The summed E-state index contributed by atoms with van der Waals surface area (Å²) < 4.78 is 5.45. The third-order valence-corrected chi connectivity index (χ3v) is 3.61. The topological polar surface area (TPSA) is 75.6 Å². The smallest absolute Gasteiger partial charge is 0.308 e. The van der Waals surface area contributed by atoms with E-state index in [1.165, 1.54) is 13.0 Å². The van der Waals surface area contributed by atoms with Crippen molar-refractivity contribution in [2.24, 2.45) is 5.92 Å². The molecule has 0 aromatic heterocycles. The van der Waals surface area contributed by atoms with E-state index in [1.807, 2.05) is 0 Å². The first-order valence-electron chi connectivity index (χ1n) is 6.37. The molecule has 0 heterocycles. The predicted octanol–water partition coefficient (Wildman–Crippen LogP) is 2.99. The first-order valence-corrected chi connectivity index (χ1v) is 7.13. The van der Waals surface area contributed by atoms with Crippen molar-refractivity contribution >= 4 is 35.1 Å². The molecule has 3 atom stereocenters. The Hall–Kier alpha value is -1.46. The largest absolute Gasteiger partial charge is 0.481 e. The lowest BCUT2D eigenvalue weighted by atomic mass is 10.0. The van der Waals surface area contributed by atoms with Gasteiger partial charge in [-0.25, -0.2) is 0 Å². The molecule has 1 amide bonds. The fourth-order valence-electron chi connectivity index (χ4n) is 1.50. The number of amides is 1. The zero-order valence-corrected chi connectivity index (χ0v) is 13.4. The number of carboxylic acids is 1. The maximum Gasteiger partial charge on any atom is 0.308 e. The zero-order valence-electron chi connectivity index (χ0n) is 11.9. The van der Waals surface area contributed by atoms with Crippen LogP contribution < -0.4 is 10.1 Å². The van der Waals surface area contributed by atoms with Gasteiger partial charge in [-0.15, -0.1) is 0 Å². The van der Waals surface area contributed by atoms with E-state index < -0.39 is 29.9 Å². The lowest BCUT2D eigenvalue weighted by Gasteiger charge is -2.21. The minimum absolute atomic E-state index is 0.300. The molecule has 5 nitrogen and oxygen atoms in total. The number of nitrogens with one attached hydrogen (secondary N) is 1. The Bertz CT molecular complexity index is 536. The summed E-state index contributed by atoms with van der Waals surface area (Å²) in [5, 5.41) is 12.3. The van der Waals surface area contributed by atoms with E-state index in [9.17, 15) is 9.59 Å². The number of carbonyl (C=O) groups excluding carboxylic acids is 1. The number of hydrogen-bond donors (Lipinski definition) is 2. The second kappa shape index (κ2) is 7.52. The first kappa shape index (κ1) is 17.6. The van der Waals surface area contributed by atoms with Crippen LogP contribution in [0, 0.1) is 5.92 Å². The van der Waals surface area contributed by atoms with Crippen LogP contribution in [-0.4, -0.2) is 29.1 Å². The summed E-state index contributed by atoms with van der Waals surface area (Å²) in [5.74, 6) is -1.75. The number of ether oxygens (including phenoxy) is 1. The van der Waals surface area contributed by atoms with Gasteiger partial charge in [-0.2, -0.15) is 0 Å². The lowest BCUT2D eigenvalue weighted by molar-refractivity contribution is -0.142. The number of carboxylic acid groups (broad SMARTS) is 1. The van der Waals surface area contributed by atoms with Gasteiger partial charge in [-0.3, -0.25) is 9.59 Å². The molecule has 0 aliphatic heterocycles. The second-order valence-electron chi connectivity index (χ2n) is 4.76. The van der Waals surface area contributed by atoms with Crippen LogP contribution in [0.4, 0.5) is 0 Å². The quantitative estimate of drug-likeness (QED) is 0.839. The van der Waals surface area contributed by atoms with Crippen molar-refractivity contribution in [2.75, 3.05) is 0 Å². The van der Waals surface area contributed by atoms with E-state index in [-0.39, 0.29) is 0 Å². The molecule has 0 saturated carbocycles. The molecular formula is C14H17Cl2NO4. The molecule has 0 bridgehead atoms. The van der Waals surface area contributed by atoms with Crippen molar-refractivity contribution in [3.8, 4) is 5.75 Å². The van der Waals surface area contributed by atoms with Gasteiger partial charge in [0.2, 0.25) is 0 Å². The average Bonchev–Trinajstić information content (AvgIpc) is 2.40. The summed E-state index contributed by atoms with van der Waals surface area (Å²) in [6, 6.07) is 4.17. The van der Waals surface area contributed by atoms with Crippen LogP contribution in [0.3, 0.4) is 0 Å². The van der Waals surface area contributed by atoms with Crippen molar-refractivity contribution in [3.63, 3.8) is 0 Å². The van der Waals surface area contributed by atoms with Crippen LogP contribution in [0.15, 0.2) is 18.2 Å². The highest BCUT2D eigenvalue weighted by atomic mass is 35.5. The zero-order chi connectivity index (χ0) is 16.2. The Morgan fingerprint density at radius 2 is 1.86 bits per heavy atom. The van der Waals surface area contributed by atoms with E-state index in [1.54, 1.807) is 26.0 Å². The summed E-state index contributed by atoms with van der Waals surface area (Å²) >= 11 is 11.7. The maximum atomic E-state index is 12.0. The van der Waals surface area contributed by atoms with Gasteiger partial charge in [0.1, 0.15) is 5.75 Å². The highest BCUT2D eigenvalue weighted by molar-refractivity contribution is 6.35. The van der Waals surface area contributed by atoms with Crippen molar-refractivity contribution in [1.29, 1.82) is 0 Å².